The number of rotatable bonds is 7. The van der Waals surface area contributed by atoms with Crippen LogP contribution in [0, 0.1) is 6.92 Å². The molecule has 29 heavy (non-hydrogen) atoms. The second-order valence-corrected chi connectivity index (χ2v) is 5.98. The summed E-state index contributed by atoms with van der Waals surface area (Å²) >= 11 is 0. The van der Waals surface area contributed by atoms with Crippen molar-refractivity contribution in [1.29, 1.82) is 0 Å². The molecular weight excluding hydrogens is 380 g/mol. The average Bonchev–Trinajstić information content (AvgIpc) is 3.37. The number of urea groups is 1. The van der Waals surface area contributed by atoms with E-state index in [0.29, 0.717) is 11.6 Å². The number of nitrogens with zero attached hydrogens (tertiary/aromatic N) is 4. The van der Waals surface area contributed by atoms with Crippen LogP contribution in [-0.2, 0) is 27.4 Å². The van der Waals surface area contributed by atoms with Gasteiger partial charge in [0.2, 0.25) is 5.82 Å². The molecule has 0 unspecified atom stereocenters. The first-order chi connectivity index (χ1) is 14.0. The van der Waals surface area contributed by atoms with Gasteiger partial charge in [0.1, 0.15) is 5.76 Å². The normalized spacial score (nSPS) is 10.4. The van der Waals surface area contributed by atoms with E-state index in [1.807, 2.05) is 36.5 Å². The summed E-state index contributed by atoms with van der Waals surface area (Å²) in [4.78, 5) is 36.1. The zero-order valence-corrected chi connectivity index (χ0v) is 15.5. The third-order valence-corrected chi connectivity index (χ3v) is 3.65. The average molecular weight is 398 g/mol. The number of ether oxygens (including phenoxy) is 1. The van der Waals surface area contributed by atoms with Crippen LogP contribution in [0.25, 0.3) is 11.4 Å². The van der Waals surface area contributed by atoms with Gasteiger partial charge in [0.25, 0.3) is 5.91 Å². The molecule has 3 amide bonds. The number of amides is 3. The minimum absolute atomic E-state index is 0.118. The van der Waals surface area contributed by atoms with Gasteiger partial charge in [-0.25, -0.2) is 9.59 Å². The number of carbonyl (C=O) groups excluding carboxylic acids is 3. The molecule has 3 aromatic rings. The summed E-state index contributed by atoms with van der Waals surface area (Å²) in [6, 6.07) is 10.1. The van der Waals surface area contributed by atoms with Gasteiger partial charge in [-0.05, 0) is 24.3 Å². The van der Waals surface area contributed by atoms with Crippen molar-refractivity contribution in [2.45, 2.75) is 20.0 Å². The van der Waals surface area contributed by atoms with E-state index >= 15 is 0 Å². The van der Waals surface area contributed by atoms with Gasteiger partial charge in [0, 0.05) is 5.56 Å². The highest BCUT2D eigenvalue weighted by Crippen LogP contribution is 2.13. The Bertz CT molecular complexity index is 981. The molecule has 11 nitrogen and oxygen atoms in total. The lowest BCUT2D eigenvalue weighted by atomic mass is 10.1. The molecule has 0 spiro atoms. The third-order valence-electron chi connectivity index (χ3n) is 3.65. The van der Waals surface area contributed by atoms with Crippen molar-refractivity contribution >= 4 is 17.9 Å². The number of hydrogen-bond acceptors (Lipinski definition) is 8. The van der Waals surface area contributed by atoms with Crippen LogP contribution >= 0.6 is 0 Å². The number of carbonyl (C=O) groups is 3. The molecule has 0 aliphatic carbocycles. The number of imide groups is 1. The van der Waals surface area contributed by atoms with E-state index in [4.69, 9.17) is 9.15 Å². The first kappa shape index (κ1) is 19.7. The van der Waals surface area contributed by atoms with Crippen molar-refractivity contribution in [3.63, 3.8) is 0 Å². The van der Waals surface area contributed by atoms with Gasteiger partial charge in [-0.2, -0.15) is 4.80 Å². The molecule has 1 aromatic carbocycles. The third kappa shape index (κ3) is 5.99. The Balaban J connectivity index is 1.39. The fraction of sp³-hybridized carbons (Fsp3) is 0.222. The van der Waals surface area contributed by atoms with Crippen molar-refractivity contribution < 1.29 is 23.5 Å². The van der Waals surface area contributed by atoms with Crippen LogP contribution in [0.3, 0.4) is 0 Å². The van der Waals surface area contributed by atoms with E-state index in [1.165, 1.54) is 6.26 Å². The smallest absolute Gasteiger partial charge is 0.330 e. The Labute approximate surface area is 165 Å². The van der Waals surface area contributed by atoms with Crippen molar-refractivity contribution in [3.05, 3.63) is 54.0 Å². The van der Waals surface area contributed by atoms with E-state index in [2.05, 4.69) is 20.7 Å². The standard InChI is InChI=1S/C18H18N6O5/c1-12-4-6-13(7-5-12)17-21-23-24(22-17)10-16(26)29-11-15(25)20-18(27)19-9-14-3-2-8-28-14/h2-8H,9-11H2,1H3,(H2,19,20,25,27). The van der Waals surface area contributed by atoms with Crippen LogP contribution in [0.1, 0.15) is 11.3 Å². The molecule has 3 rings (SSSR count). The molecule has 0 bridgehead atoms. The Morgan fingerprint density at radius 3 is 2.69 bits per heavy atom. The Kier molecular flexibility index (Phi) is 6.30. The van der Waals surface area contributed by atoms with Gasteiger partial charge in [0.15, 0.2) is 13.2 Å². The quantitative estimate of drug-likeness (QED) is 0.557. The lowest BCUT2D eigenvalue weighted by Crippen LogP contribution is -2.41. The van der Waals surface area contributed by atoms with Crippen LogP contribution in [0.4, 0.5) is 4.79 Å². The number of benzene rings is 1. The fourth-order valence-electron chi connectivity index (χ4n) is 2.22. The molecule has 150 valence electrons. The first-order valence-electron chi connectivity index (χ1n) is 8.60. The van der Waals surface area contributed by atoms with Crippen LogP contribution in [0.2, 0.25) is 0 Å². The Morgan fingerprint density at radius 1 is 1.17 bits per heavy atom. The fourth-order valence-corrected chi connectivity index (χ4v) is 2.22. The summed E-state index contributed by atoms with van der Waals surface area (Å²) in [7, 11) is 0. The van der Waals surface area contributed by atoms with Gasteiger partial charge in [-0.1, -0.05) is 29.8 Å². The molecule has 0 aliphatic heterocycles. The van der Waals surface area contributed by atoms with Crippen molar-refractivity contribution in [2.75, 3.05) is 6.61 Å². The van der Waals surface area contributed by atoms with Crippen LogP contribution < -0.4 is 10.6 Å². The van der Waals surface area contributed by atoms with Crippen LogP contribution in [0.5, 0.6) is 0 Å². The van der Waals surface area contributed by atoms with Crippen molar-refractivity contribution in [3.8, 4) is 11.4 Å². The molecule has 0 saturated heterocycles. The summed E-state index contributed by atoms with van der Waals surface area (Å²) in [6.45, 7) is 1.14. The van der Waals surface area contributed by atoms with Crippen LogP contribution in [-0.4, -0.2) is 44.7 Å². The molecule has 0 atom stereocenters. The van der Waals surface area contributed by atoms with E-state index < -0.39 is 24.5 Å². The number of aryl methyl sites for hydroxylation is 1. The number of tetrazole rings is 1. The van der Waals surface area contributed by atoms with Crippen molar-refractivity contribution in [1.82, 2.24) is 30.8 Å². The second kappa shape index (κ2) is 9.26. The first-order valence-corrected chi connectivity index (χ1v) is 8.60. The topological polar surface area (TPSA) is 141 Å². The molecule has 2 heterocycles. The maximum Gasteiger partial charge on any atom is 0.330 e. The van der Waals surface area contributed by atoms with E-state index in [-0.39, 0.29) is 13.1 Å². The highest BCUT2D eigenvalue weighted by Gasteiger charge is 2.13. The number of esters is 1. The summed E-state index contributed by atoms with van der Waals surface area (Å²) in [6.07, 6.45) is 1.47. The number of nitrogens with one attached hydrogen (secondary N) is 2. The minimum Gasteiger partial charge on any atom is -0.467 e. The predicted octanol–water partition coefficient (Wildman–Crippen LogP) is 0.811. The molecular formula is C18H18N6O5. The monoisotopic (exact) mass is 398 g/mol. The molecule has 0 fully saturated rings. The summed E-state index contributed by atoms with van der Waals surface area (Å²) in [5.41, 5.74) is 1.85. The van der Waals surface area contributed by atoms with Crippen LogP contribution in [0.15, 0.2) is 47.1 Å². The van der Waals surface area contributed by atoms with Gasteiger partial charge in [-0.15, -0.1) is 10.2 Å². The maximum absolute atomic E-state index is 11.8. The highest BCUT2D eigenvalue weighted by molar-refractivity contribution is 5.95. The summed E-state index contributed by atoms with van der Waals surface area (Å²) in [5, 5.41) is 16.2. The van der Waals surface area contributed by atoms with Gasteiger partial charge in [0.05, 0.1) is 12.8 Å². The largest absolute Gasteiger partial charge is 0.467 e. The molecule has 0 aliphatic rings. The maximum atomic E-state index is 11.8. The predicted molar refractivity (Wildman–Crippen MR) is 98.0 cm³/mol. The number of hydrogen-bond donors (Lipinski definition) is 2. The van der Waals surface area contributed by atoms with E-state index in [9.17, 15) is 14.4 Å². The Hall–Kier alpha value is -4.02. The van der Waals surface area contributed by atoms with Gasteiger partial charge < -0.3 is 14.5 Å². The SMILES string of the molecule is Cc1ccc(-c2nnn(CC(=O)OCC(=O)NC(=O)NCc3ccco3)n2)cc1. The zero-order valence-electron chi connectivity index (χ0n) is 15.5. The molecule has 11 heteroatoms. The Morgan fingerprint density at radius 2 is 1.97 bits per heavy atom. The van der Waals surface area contributed by atoms with Gasteiger partial charge >= 0.3 is 12.0 Å². The summed E-state index contributed by atoms with van der Waals surface area (Å²) in [5.74, 6) is -0.626. The highest BCUT2D eigenvalue weighted by atomic mass is 16.5. The zero-order chi connectivity index (χ0) is 20.6. The minimum atomic E-state index is -0.776. The van der Waals surface area contributed by atoms with E-state index in [1.54, 1.807) is 12.1 Å². The van der Waals surface area contributed by atoms with Crippen molar-refractivity contribution in [2.24, 2.45) is 0 Å². The van der Waals surface area contributed by atoms with Gasteiger partial charge in [-0.3, -0.25) is 10.1 Å². The molecule has 2 N–H and O–H groups in total. The second-order valence-electron chi connectivity index (χ2n) is 5.98. The number of aromatic nitrogens is 4. The summed E-state index contributed by atoms with van der Waals surface area (Å²) < 4.78 is 9.86. The lowest BCUT2D eigenvalue weighted by Gasteiger charge is -2.06. The molecule has 0 radical (unpaired) electrons. The molecule has 2 aromatic heterocycles. The van der Waals surface area contributed by atoms with E-state index in [0.717, 1.165) is 15.9 Å². The molecule has 0 saturated carbocycles. The lowest BCUT2D eigenvalue weighted by molar-refractivity contribution is -0.149. The number of furan rings is 1.